The number of nitrogens with zero attached hydrogens (tertiary/aromatic N) is 3. The summed E-state index contributed by atoms with van der Waals surface area (Å²) in [6.07, 6.45) is 3.32. The average molecular weight is 216 g/mol. The van der Waals surface area contributed by atoms with E-state index in [2.05, 4.69) is 32.5 Å². The Bertz CT molecular complexity index is 597. The molecule has 1 N–H and O–H groups in total. The molecule has 0 radical (unpaired) electrons. The Morgan fingerprint density at radius 2 is 2.27 bits per heavy atom. The van der Waals surface area contributed by atoms with Gasteiger partial charge in [-0.1, -0.05) is 0 Å². The van der Waals surface area contributed by atoms with Crippen LogP contribution < -0.4 is 0 Å². The zero-order valence-electron chi connectivity index (χ0n) is 8.06. The third-order valence-corrected chi connectivity index (χ3v) is 3.31. The van der Waals surface area contributed by atoms with E-state index in [1.54, 1.807) is 23.9 Å². The maximum absolute atomic E-state index is 4.31. The number of H-pyrrole nitrogens is 1. The summed E-state index contributed by atoms with van der Waals surface area (Å²) in [6.45, 7) is 2.07. The first kappa shape index (κ1) is 8.55. The molecule has 0 aliphatic heterocycles. The van der Waals surface area contributed by atoms with Gasteiger partial charge in [0, 0.05) is 11.6 Å². The average Bonchev–Trinajstić information content (AvgIpc) is 2.88. The zero-order chi connectivity index (χ0) is 10.3. The monoisotopic (exact) mass is 216 g/mol. The third-order valence-electron chi connectivity index (χ3n) is 2.31. The van der Waals surface area contributed by atoms with Crippen LogP contribution in [0.15, 0.2) is 24.0 Å². The van der Waals surface area contributed by atoms with Crippen molar-refractivity contribution in [3.8, 4) is 11.4 Å². The highest BCUT2D eigenvalue weighted by atomic mass is 32.1. The van der Waals surface area contributed by atoms with Gasteiger partial charge in [-0.3, -0.25) is 5.10 Å². The fourth-order valence-electron chi connectivity index (χ4n) is 1.61. The van der Waals surface area contributed by atoms with Gasteiger partial charge < -0.3 is 0 Å². The summed E-state index contributed by atoms with van der Waals surface area (Å²) in [6, 6.07) is 1.92. The van der Waals surface area contributed by atoms with Crippen LogP contribution in [0.25, 0.3) is 21.6 Å². The van der Waals surface area contributed by atoms with Gasteiger partial charge in [0.25, 0.3) is 0 Å². The van der Waals surface area contributed by atoms with Crippen molar-refractivity contribution in [2.24, 2.45) is 0 Å². The van der Waals surface area contributed by atoms with E-state index in [9.17, 15) is 0 Å². The van der Waals surface area contributed by atoms with Crippen LogP contribution in [0, 0.1) is 6.92 Å². The summed E-state index contributed by atoms with van der Waals surface area (Å²) in [7, 11) is 0. The lowest BCUT2D eigenvalue weighted by Crippen LogP contribution is -1.87. The molecule has 0 fully saturated rings. The second-order valence-corrected chi connectivity index (χ2v) is 4.15. The number of hydrogen-bond donors (Lipinski definition) is 1. The molecule has 0 spiro atoms. The highest BCUT2D eigenvalue weighted by Gasteiger charge is 2.10. The van der Waals surface area contributed by atoms with Gasteiger partial charge in [0.15, 0.2) is 0 Å². The lowest BCUT2D eigenvalue weighted by atomic mass is 10.1. The first-order valence-corrected chi connectivity index (χ1v) is 5.43. The number of aromatic amines is 1. The van der Waals surface area contributed by atoms with E-state index >= 15 is 0 Å². The zero-order valence-corrected chi connectivity index (χ0v) is 8.88. The SMILES string of the molecule is Cc1csc2ncnc(-c3ccn[nH]3)c12. The largest absolute Gasteiger partial charge is 0.276 e. The number of aryl methyl sites for hydroxylation is 1. The molecule has 0 bridgehead atoms. The lowest BCUT2D eigenvalue weighted by Gasteiger charge is -1.99. The second-order valence-electron chi connectivity index (χ2n) is 3.29. The Hall–Kier alpha value is -1.75. The van der Waals surface area contributed by atoms with Crippen LogP contribution in [0.2, 0.25) is 0 Å². The molecule has 0 atom stereocenters. The van der Waals surface area contributed by atoms with Gasteiger partial charge in [0.05, 0.1) is 5.69 Å². The first-order valence-electron chi connectivity index (χ1n) is 4.55. The number of hydrogen-bond acceptors (Lipinski definition) is 4. The lowest BCUT2D eigenvalue weighted by molar-refractivity contribution is 1.08. The summed E-state index contributed by atoms with van der Waals surface area (Å²) < 4.78 is 0. The minimum atomic E-state index is 0.927. The maximum Gasteiger partial charge on any atom is 0.127 e. The Morgan fingerprint density at radius 1 is 1.33 bits per heavy atom. The van der Waals surface area contributed by atoms with Crippen LogP contribution in [-0.2, 0) is 0 Å². The highest BCUT2D eigenvalue weighted by molar-refractivity contribution is 7.17. The van der Waals surface area contributed by atoms with Crippen molar-refractivity contribution in [2.75, 3.05) is 0 Å². The maximum atomic E-state index is 4.31. The molecule has 0 unspecified atom stereocenters. The Balaban J connectivity index is 2.39. The van der Waals surface area contributed by atoms with E-state index in [1.807, 2.05) is 6.07 Å². The molecule has 0 saturated heterocycles. The Morgan fingerprint density at radius 3 is 3.07 bits per heavy atom. The molecule has 15 heavy (non-hydrogen) atoms. The van der Waals surface area contributed by atoms with E-state index in [1.165, 1.54) is 5.56 Å². The fraction of sp³-hybridized carbons (Fsp3) is 0.100. The van der Waals surface area contributed by atoms with Crippen LogP contribution in [-0.4, -0.2) is 20.2 Å². The summed E-state index contributed by atoms with van der Waals surface area (Å²) in [5.41, 5.74) is 3.07. The van der Waals surface area contributed by atoms with Crippen LogP contribution in [0.5, 0.6) is 0 Å². The molecule has 3 rings (SSSR count). The van der Waals surface area contributed by atoms with Gasteiger partial charge in [-0.15, -0.1) is 11.3 Å². The molecule has 0 aromatic carbocycles. The molecule has 74 valence electrons. The van der Waals surface area contributed by atoms with Crippen molar-refractivity contribution in [3.05, 3.63) is 29.5 Å². The molecule has 0 amide bonds. The van der Waals surface area contributed by atoms with Crippen molar-refractivity contribution in [1.82, 2.24) is 20.2 Å². The van der Waals surface area contributed by atoms with Gasteiger partial charge in [-0.05, 0) is 23.9 Å². The fourth-order valence-corrected chi connectivity index (χ4v) is 2.50. The molecule has 0 aliphatic carbocycles. The number of fused-ring (bicyclic) bond motifs is 1. The quantitative estimate of drug-likeness (QED) is 0.679. The van der Waals surface area contributed by atoms with Crippen molar-refractivity contribution in [1.29, 1.82) is 0 Å². The predicted molar refractivity (Wildman–Crippen MR) is 59.7 cm³/mol. The molecule has 5 heteroatoms. The number of rotatable bonds is 1. The number of nitrogens with one attached hydrogen (secondary N) is 1. The second kappa shape index (κ2) is 3.13. The highest BCUT2D eigenvalue weighted by Crippen LogP contribution is 2.30. The van der Waals surface area contributed by atoms with E-state index in [4.69, 9.17) is 0 Å². The van der Waals surface area contributed by atoms with Gasteiger partial charge in [-0.2, -0.15) is 5.10 Å². The summed E-state index contributed by atoms with van der Waals surface area (Å²) in [5.74, 6) is 0. The summed E-state index contributed by atoms with van der Waals surface area (Å²) >= 11 is 1.64. The van der Waals surface area contributed by atoms with Crippen LogP contribution in [0.3, 0.4) is 0 Å². The molecule has 0 aliphatic rings. The standard InChI is InChI=1S/C10H8N4S/c1-6-4-15-10-8(6)9(11-5-12-10)7-2-3-13-14-7/h2-5H,1H3,(H,13,14). The number of aromatic nitrogens is 4. The topological polar surface area (TPSA) is 54.5 Å². The van der Waals surface area contributed by atoms with Crippen LogP contribution in [0.4, 0.5) is 0 Å². The molecule has 3 heterocycles. The van der Waals surface area contributed by atoms with Gasteiger partial charge >= 0.3 is 0 Å². The van der Waals surface area contributed by atoms with E-state index in [0.29, 0.717) is 0 Å². The predicted octanol–water partition coefficient (Wildman–Crippen LogP) is 2.39. The van der Waals surface area contributed by atoms with E-state index in [-0.39, 0.29) is 0 Å². The Labute approximate surface area is 90.0 Å². The number of thiophene rings is 1. The molecule has 3 aromatic rings. The third kappa shape index (κ3) is 1.24. The molecule has 0 saturated carbocycles. The van der Waals surface area contributed by atoms with Crippen molar-refractivity contribution in [2.45, 2.75) is 6.92 Å². The molecular weight excluding hydrogens is 208 g/mol. The summed E-state index contributed by atoms with van der Waals surface area (Å²) in [5, 5.41) is 10.1. The van der Waals surface area contributed by atoms with Crippen molar-refractivity contribution in [3.63, 3.8) is 0 Å². The Kier molecular flexibility index (Phi) is 1.78. The van der Waals surface area contributed by atoms with Gasteiger partial charge in [-0.25, -0.2) is 9.97 Å². The normalized spacial score (nSPS) is 11.0. The van der Waals surface area contributed by atoms with Crippen LogP contribution in [0.1, 0.15) is 5.56 Å². The van der Waals surface area contributed by atoms with Crippen LogP contribution >= 0.6 is 11.3 Å². The molecular formula is C10H8N4S. The molecule has 4 nitrogen and oxygen atoms in total. The van der Waals surface area contributed by atoms with Crippen molar-refractivity contribution >= 4 is 21.6 Å². The minimum absolute atomic E-state index is 0.927. The molecule has 3 aromatic heterocycles. The van der Waals surface area contributed by atoms with Gasteiger partial charge in [0.1, 0.15) is 16.9 Å². The van der Waals surface area contributed by atoms with E-state index in [0.717, 1.165) is 21.6 Å². The van der Waals surface area contributed by atoms with Gasteiger partial charge in [0.2, 0.25) is 0 Å². The first-order chi connectivity index (χ1) is 7.36. The smallest absolute Gasteiger partial charge is 0.127 e. The van der Waals surface area contributed by atoms with Crippen molar-refractivity contribution < 1.29 is 0 Å². The minimum Gasteiger partial charge on any atom is -0.276 e. The van der Waals surface area contributed by atoms with E-state index < -0.39 is 0 Å². The summed E-state index contributed by atoms with van der Waals surface area (Å²) in [4.78, 5) is 9.57.